The molecule has 1 aliphatic rings. The summed E-state index contributed by atoms with van der Waals surface area (Å²) in [4.78, 5) is 4.71. The first-order valence-corrected chi connectivity index (χ1v) is 7.60. The van der Waals surface area contributed by atoms with Crippen LogP contribution in [0, 0.1) is 0 Å². The summed E-state index contributed by atoms with van der Waals surface area (Å²) in [6.45, 7) is 4.95. The Hall–Kier alpha value is -1.40. The molecule has 0 radical (unpaired) electrons. The van der Waals surface area contributed by atoms with Gasteiger partial charge in [0, 0.05) is 32.4 Å². The minimum Gasteiger partial charge on any atom is -0.453 e. The highest BCUT2D eigenvalue weighted by atomic mass is 79.9. The molecule has 0 saturated carbocycles. The highest BCUT2D eigenvalue weighted by Crippen LogP contribution is 2.17. The lowest BCUT2D eigenvalue weighted by atomic mass is 10.3. The van der Waals surface area contributed by atoms with Crippen molar-refractivity contribution in [1.82, 2.24) is 15.1 Å². The van der Waals surface area contributed by atoms with Gasteiger partial charge in [-0.2, -0.15) is 5.10 Å². The number of halogens is 1. The summed E-state index contributed by atoms with van der Waals surface area (Å²) >= 11 is 3.34. The Kier molecular flexibility index (Phi) is 4.32. The zero-order chi connectivity index (χ0) is 13.8. The maximum atomic E-state index is 5.58. The van der Waals surface area contributed by atoms with Crippen molar-refractivity contribution in [2.24, 2.45) is 0 Å². The first-order chi connectivity index (χ1) is 9.81. The third kappa shape index (κ3) is 3.37. The first kappa shape index (κ1) is 13.6. The number of aromatic nitrogens is 2. The number of hydrogen-bond acceptors (Lipinski definition) is 5. The van der Waals surface area contributed by atoms with E-state index in [0.717, 1.165) is 55.4 Å². The van der Waals surface area contributed by atoms with Crippen LogP contribution in [0.3, 0.4) is 0 Å². The molecule has 3 rings (SSSR count). The number of anilines is 1. The van der Waals surface area contributed by atoms with Crippen LogP contribution >= 0.6 is 15.9 Å². The van der Waals surface area contributed by atoms with Gasteiger partial charge in [-0.25, -0.2) is 0 Å². The smallest absolute Gasteiger partial charge is 0.169 e. The van der Waals surface area contributed by atoms with E-state index < -0.39 is 0 Å². The third-order valence-electron chi connectivity index (χ3n) is 3.48. The Morgan fingerprint density at radius 2 is 2.10 bits per heavy atom. The van der Waals surface area contributed by atoms with Crippen LogP contribution in [0.15, 0.2) is 39.5 Å². The highest BCUT2D eigenvalue weighted by molar-refractivity contribution is 9.10. The Morgan fingerprint density at radius 1 is 1.15 bits per heavy atom. The number of nitrogens with zero attached hydrogens (tertiary/aromatic N) is 4. The molecule has 0 spiro atoms. The van der Waals surface area contributed by atoms with E-state index in [1.807, 2.05) is 24.3 Å². The van der Waals surface area contributed by atoms with Crippen LogP contribution in [0.1, 0.15) is 12.2 Å². The second kappa shape index (κ2) is 6.37. The predicted octanol–water partition coefficient (Wildman–Crippen LogP) is 2.54. The summed E-state index contributed by atoms with van der Waals surface area (Å²) in [6, 6.07) is 7.92. The molecule has 6 heteroatoms. The molecule has 0 bridgehead atoms. The molecule has 0 atom stereocenters. The maximum absolute atomic E-state index is 5.58. The molecule has 5 nitrogen and oxygen atoms in total. The molecule has 0 aliphatic carbocycles. The fraction of sp³-hybridized carbons (Fsp3) is 0.429. The standard InChI is InChI=1S/C14H17BrN4O/c15-13-5-4-12(20-13)11-18-7-2-8-19(10-9-18)14-3-1-6-16-17-14/h1,3-6H,2,7-11H2. The van der Waals surface area contributed by atoms with Gasteiger partial charge in [0.2, 0.25) is 0 Å². The van der Waals surface area contributed by atoms with Crippen LogP contribution in [0.4, 0.5) is 5.82 Å². The van der Waals surface area contributed by atoms with Gasteiger partial charge in [0.05, 0.1) is 6.54 Å². The Morgan fingerprint density at radius 3 is 2.85 bits per heavy atom. The van der Waals surface area contributed by atoms with E-state index in [1.165, 1.54) is 0 Å². The fourth-order valence-corrected chi connectivity index (χ4v) is 2.82. The summed E-state index contributed by atoms with van der Waals surface area (Å²) in [5.41, 5.74) is 0. The van der Waals surface area contributed by atoms with Gasteiger partial charge in [0.25, 0.3) is 0 Å². The van der Waals surface area contributed by atoms with Gasteiger partial charge in [-0.15, -0.1) is 5.10 Å². The van der Waals surface area contributed by atoms with E-state index in [-0.39, 0.29) is 0 Å². The lowest BCUT2D eigenvalue weighted by Gasteiger charge is -2.21. The van der Waals surface area contributed by atoms with Gasteiger partial charge >= 0.3 is 0 Å². The molecule has 0 N–H and O–H groups in total. The molecule has 0 amide bonds. The van der Waals surface area contributed by atoms with Gasteiger partial charge in [0.1, 0.15) is 5.76 Å². The molecule has 1 fully saturated rings. The van der Waals surface area contributed by atoms with Crippen molar-refractivity contribution >= 4 is 21.7 Å². The average Bonchev–Trinajstić information content (AvgIpc) is 2.74. The molecule has 2 aromatic heterocycles. The second-order valence-electron chi connectivity index (χ2n) is 4.90. The number of furan rings is 1. The summed E-state index contributed by atoms with van der Waals surface area (Å²) < 4.78 is 6.37. The first-order valence-electron chi connectivity index (χ1n) is 6.80. The van der Waals surface area contributed by atoms with E-state index in [9.17, 15) is 0 Å². The van der Waals surface area contributed by atoms with E-state index >= 15 is 0 Å². The molecule has 0 unspecified atom stereocenters. The molecule has 0 aromatic carbocycles. The fourth-order valence-electron chi connectivity index (χ4n) is 2.48. The second-order valence-corrected chi connectivity index (χ2v) is 5.69. The van der Waals surface area contributed by atoms with Gasteiger partial charge in [0.15, 0.2) is 10.5 Å². The van der Waals surface area contributed by atoms with Crippen molar-refractivity contribution < 1.29 is 4.42 Å². The van der Waals surface area contributed by atoms with Crippen molar-refractivity contribution in [3.05, 3.63) is 40.9 Å². The van der Waals surface area contributed by atoms with Crippen molar-refractivity contribution in [2.45, 2.75) is 13.0 Å². The minimum atomic E-state index is 0.795. The van der Waals surface area contributed by atoms with E-state index in [1.54, 1.807) is 6.20 Å². The van der Waals surface area contributed by atoms with Crippen molar-refractivity contribution in [1.29, 1.82) is 0 Å². The quantitative estimate of drug-likeness (QED) is 0.861. The SMILES string of the molecule is Brc1ccc(CN2CCCN(c3cccnn3)CC2)o1. The largest absolute Gasteiger partial charge is 0.453 e. The summed E-state index contributed by atoms with van der Waals surface area (Å²) in [5, 5.41) is 8.14. The number of rotatable bonds is 3. The average molecular weight is 337 g/mol. The highest BCUT2D eigenvalue weighted by Gasteiger charge is 2.17. The molecular weight excluding hydrogens is 320 g/mol. The zero-order valence-electron chi connectivity index (χ0n) is 11.2. The van der Waals surface area contributed by atoms with E-state index in [4.69, 9.17) is 4.42 Å². The van der Waals surface area contributed by atoms with Gasteiger partial charge in [-0.1, -0.05) is 0 Å². The van der Waals surface area contributed by atoms with Crippen LogP contribution < -0.4 is 4.90 Å². The van der Waals surface area contributed by atoms with Crippen LogP contribution in [0.5, 0.6) is 0 Å². The van der Waals surface area contributed by atoms with Gasteiger partial charge < -0.3 is 9.32 Å². The Balaban J connectivity index is 1.59. The molecule has 1 aliphatic heterocycles. The summed E-state index contributed by atoms with van der Waals surface area (Å²) in [6.07, 6.45) is 2.83. The van der Waals surface area contributed by atoms with Crippen LogP contribution in [-0.4, -0.2) is 41.3 Å². The van der Waals surface area contributed by atoms with E-state index in [2.05, 4.69) is 35.9 Å². The molecule has 1 saturated heterocycles. The van der Waals surface area contributed by atoms with Crippen LogP contribution in [-0.2, 0) is 6.54 Å². The molecule has 3 heterocycles. The zero-order valence-corrected chi connectivity index (χ0v) is 12.8. The van der Waals surface area contributed by atoms with Crippen LogP contribution in [0.25, 0.3) is 0 Å². The van der Waals surface area contributed by atoms with Gasteiger partial charge in [-0.05, 0) is 46.6 Å². The lowest BCUT2D eigenvalue weighted by Crippen LogP contribution is -2.30. The molecular formula is C14H17BrN4O. The van der Waals surface area contributed by atoms with E-state index in [0.29, 0.717) is 0 Å². The topological polar surface area (TPSA) is 45.4 Å². The van der Waals surface area contributed by atoms with Crippen molar-refractivity contribution in [3.8, 4) is 0 Å². The normalized spacial score (nSPS) is 17.1. The summed E-state index contributed by atoms with van der Waals surface area (Å²) in [5.74, 6) is 1.97. The van der Waals surface area contributed by atoms with Crippen molar-refractivity contribution in [3.63, 3.8) is 0 Å². The van der Waals surface area contributed by atoms with Crippen LogP contribution in [0.2, 0.25) is 0 Å². The molecule has 106 valence electrons. The van der Waals surface area contributed by atoms with Crippen molar-refractivity contribution in [2.75, 3.05) is 31.1 Å². The monoisotopic (exact) mass is 336 g/mol. The minimum absolute atomic E-state index is 0.795. The lowest BCUT2D eigenvalue weighted by molar-refractivity contribution is 0.258. The predicted molar refractivity (Wildman–Crippen MR) is 80.5 cm³/mol. The van der Waals surface area contributed by atoms with Gasteiger partial charge in [-0.3, -0.25) is 4.90 Å². The summed E-state index contributed by atoms with van der Waals surface area (Å²) in [7, 11) is 0. The Bertz CT molecular complexity index is 545. The molecule has 20 heavy (non-hydrogen) atoms. The molecule has 2 aromatic rings. The maximum Gasteiger partial charge on any atom is 0.169 e. The Labute approximate surface area is 126 Å². The number of hydrogen-bond donors (Lipinski definition) is 0. The third-order valence-corrected chi connectivity index (χ3v) is 3.91.